The summed E-state index contributed by atoms with van der Waals surface area (Å²) in [6.45, 7) is 0.990. The molecule has 0 saturated carbocycles. The van der Waals surface area contributed by atoms with Gasteiger partial charge in [-0.25, -0.2) is 8.42 Å². The van der Waals surface area contributed by atoms with Crippen molar-refractivity contribution in [3.05, 3.63) is 47.8 Å². The number of rotatable bonds is 7. The van der Waals surface area contributed by atoms with E-state index in [2.05, 4.69) is 5.10 Å². The first-order chi connectivity index (χ1) is 10.8. The second-order valence-electron chi connectivity index (χ2n) is 5.20. The fraction of sp³-hybridized carbons (Fsp3) is 0.333. The third-order valence-electron chi connectivity index (χ3n) is 3.35. The van der Waals surface area contributed by atoms with Crippen LogP contribution in [0.2, 0.25) is 0 Å². The zero-order chi connectivity index (χ0) is 17.0. The number of aliphatic hydroxyl groups is 1. The van der Waals surface area contributed by atoms with Crippen molar-refractivity contribution in [2.75, 3.05) is 19.7 Å². The van der Waals surface area contributed by atoms with Crippen LogP contribution in [0, 0.1) is 6.92 Å². The standard InChI is InChI=1S/C15H19N3O4S/c1-12-3-5-14(6-4-12)23(21,22)18(7-8-19)11-15(20)13-9-16-17(2)10-13/h3-6,9-10,19H,7-8,11H2,1-2H3. The Hall–Kier alpha value is -2.03. The quantitative estimate of drug-likeness (QED) is 0.747. The highest BCUT2D eigenvalue weighted by molar-refractivity contribution is 7.89. The predicted molar refractivity (Wildman–Crippen MR) is 84.6 cm³/mol. The molecule has 0 aliphatic heterocycles. The molecule has 8 heteroatoms. The Morgan fingerprint density at radius 1 is 1.30 bits per heavy atom. The molecule has 1 aromatic heterocycles. The third kappa shape index (κ3) is 4.04. The molecule has 0 spiro atoms. The van der Waals surface area contributed by atoms with Crippen LogP contribution >= 0.6 is 0 Å². The summed E-state index contributed by atoms with van der Waals surface area (Å²) in [6, 6.07) is 6.35. The lowest BCUT2D eigenvalue weighted by molar-refractivity contribution is 0.0960. The van der Waals surface area contributed by atoms with Gasteiger partial charge in [-0.05, 0) is 19.1 Å². The minimum absolute atomic E-state index is 0.0931. The molecule has 1 aromatic carbocycles. The molecule has 1 N–H and O–H groups in total. The van der Waals surface area contributed by atoms with Gasteiger partial charge in [0.05, 0.1) is 29.8 Å². The number of carbonyl (C=O) groups excluding carboxylic acids is 1. The fourth-order valence-electron chi connectivity index (χ4n) is 2.07. The number of aromatic nitrogens is 2. The fourth-order valence-corrected chi connectivity index (χ4v) is 3.46. The molecule has 0 fully saturated rings. The van der Waals surface area contributed by atoms with Crippen molar-refractivity contribution in [2.45, 2.75) is 11.8 Å². The maximum absolute atomic E-state index is 12.6. The number of aliphatic hydroxyl groups excluding tert-OH is 1. The number of nitrogens with zero attached hydrogens (tertiary/aromatic N) is 3. The Kier molecular flexibility index (Phi) is 5.30. The summed E-state index contributed by atoms with van der Waals surface area (Å²) in [5.74, 6) is -0.373. The van der Waals surface area contributed by atoms with Crippen molar-refractivity contribution in [3.63, 3.8) is 0 Å². The smallest absolute Gasteiger partial charge is 0.243 e. The van der Waals surface area contributed by atoms with Gasteiger partial charge in [0.25, 0.3) is 0 Å². The highest BCUT2D eigenvalue weighted by atomic mass is 32.2. The number of sulfonamides is 1. The summed E-state index contributed by atoms with van der Waals surface area (Å²) in [6.07, 6.45) is 2.91. The number of hydrogen-bond donors (Lipinski definition) is 1. The molecule has 23 heavy (non-hydrogen) atoms. The second-order valence-corrected chi connectivity index (χ2v) is 7.14. The van der Waals surface area contributed by atoms with Crippen LogP contribution in [0.4, 0.5) is 0 Å². The van der Waals surface area contributed by atoms with Gasteiger partial charge in [0.2, 0.25) is 10.0 Å². The molecule has 2 rings (SSSR count). The zero-order valence-corrected chi connectivity index (χ0v) is 13.8. The molecule has 0 amide bonds. The Morgan fingerprint density at radius 2 is 1.96 bits per heavy atom. The topological polar surface area (TPSA) is 92.5 Å². The van der Waals surface area contributed by atoms with Gasteiger partial charge in [0.15, 0.2) is 5.78 Å². The number of Topliss-reactive ketones (excluding diaryl/α,β-unsaturated/α-hetero) is 1. The number of benzene rings is 1. The lowest BCUT2D eigenvalue weighted by Gasteiger charge is -2.20. The summed E-state index contributed by atoms with van der Waals surface area (Å²) >= 11 is 0. The van der Waals surface area contributed by atoms with Gasteiger partial charge in [-0.2, -0.15) is 9.40 Å². The summed E-state index contributed by atoms with van der Waals surface area (Å²) in [4.78, 5) is 12.3. The molecule has 2 aromatic rings. The van der Waals surface area contributed by atoms with Crippen molar-refractivity contribution in [1.82, 2.24) is 14.1 Å². The summed E-state index contributed by atoms with van der Waals surface area (Å²) < 4.78 is 27.7. The van der Waals surface area contributed by atoms with E-state index in [9.17, 15) is 13.2 Å². The Labute approximate surface area is 135 Å². The molecule has 1 heterocycles. The van der Waals surface area contributed by atoms with Gasteiger partial charge in [-0.15, -0.1) is 0 Å². The largest absolute Gasteiger partial charge is 0.395 e. The van der Waals surface area contributed by atoms with E-state index in [0.29, 0.717) is 5.56 Å². The minimum Gasteiger partial charge on any atom is -0.395 e. The molecular formula is C15H19N3O4S. The van der Waals surface area contributed by atoms with Gasteiger partial charge in [0.1, 0.15) is 0 Å². The van der Waals surface area contributed by atoms with Gasteiger partial charge >= 0.3 is 0 Å². The van der Waals surface area contributed by atoms with Crippen LogP contribution < -0.4 is 0 Å². The van der Waals surface area contributed by atoms with Gasteiger partial charge in [-0.3, -0.25) is 9.48 Å². The van der Waals surface area contributed by atoms with Gasteiger partial charge in [-0.1, -0.05) is 17.7 Å². The van der Waals surface area contributed by atoms with E-state index in [-0.39, 0.29) is 30.4 Å². The Balaban J connectivity index is 2.26. The highest BCUT2D eigenvalue weighted by Crippen LogP contribution is 2.17. The molecule has 0 aliphatic carbocycles. The molecule has 0 bridgehead atoms. The van der Waals surface area contributed by atoms with E-state index >= 15 is 0 Å². The van der Waals surface area contributed by atoms with Gasteiger partial charge in [0, 0.05) is 19.8 Å². The maximum Gasteiger partial charge on any atom is 0.243 e. The molecule has 7 nitrogen and oxygen atoms in total. The van der Waals surface area contributed by atoms with Gasteiger partial charge < -0.3 is 5.11 Å². The van der Waals surface area contributed by atoms with Crippen LogP contribution in [0.5, 0.6) is 0 Å². The van der Waals surface area contributed by atoms with E-state index in [1.165, 1.54) is 29.2 Å². The summed E-state index contributed by atoms with van der Waals surface area (Å²) in [5, 5.41) is 13.0. The molecular weight excluding hydrogens is 318 g/mol. The van der Waals surface area contributed by atoms with Crippen LogP contribution in [0.3, 0.4) is 0 Å². The van der Waals surface area contributed by atoms with Crippen LogP contribution in [0.15, 0.2) is 41.6 Å². The van der Waals surface area contributed by atoms with Crippen LogP contribution in [0.25, 0.3) is 0 Å². The average Bonchev–Trinajstić information content (AvgIpc) is 2.94. The van der Waals surface area contributed by atoms with Crippen LogP contribution in [-0.4, -0.2) is 53.1 Å². The second kappa shape index (κ2) is 7.03. The Bertz CT molecular complexity index is 781. The first-order valence-corrected chi connectivity index (χ1v) is 8.48. The molecule has 0 unspecified atom stereocenters. The van der Waals surface area contributed by atoms with E-state index in [4.69, 9.17) is 5.11 Å². The molecule has 0 aliphatic rings. The summed E-state index contributed by atoms with van der Waals surface area (Å²) in [7, 11) is -2.18. The zero-order valence-electron chi connectivity index (χ0n) is 13.0. The number of hydrogen-bond acceptors (Lipinski definition) is 5. The molecule has 0 saturated heterocycles. The number of ketones is 1. The third-order valence-corrected chi connectivity index (χ3v) is 5.21. The molecule has 0 atom stereocenters. The first kappa shape index (κ1) is 17.3. The van der Waals surface area contributed by atoms with Crippen molar-refractivity contribution in [1.29, 1.82) is 0 Å². The van der Waals surface area contributed by atoms with Crippen molar-refractivity contribution >= 4 is 15.8 Å². The summed E-state index contributed by atoms with van der Waals surface area (Å²) in [5.41, 5.74) is 1.26. The Morgan fingerprint density at radius 3 is 2.48 bits per heavy atom. The lowest BCUT2D eigenvalue weighted by Crippen LogP contribution is -2.37. The highest BCUT2D eigenvalue weighted by Gasteiger charge is 2.26. The number of aryl methyl sites for hydroxylation is 2. The van der Waals surface area contributed by atoms with E-state index in [0.717, 1.165) is 9.87 Å². The SMILES string of the molecule is Cc1ccc(S(=O)(=O)N(CCO)CC(=O)c2cnn(C)c2)cc1. The van der Waals surface area contributed by atoms with Crippen LogP contribution in [0.1, 0.15) is 15.9 Å². The predicted octanol–water partition coefficient (Wildman–Crippen LogP) is 0.594. The molecule has 124 valence electrons. The number of carbonyl (C=O) groups is 1. The van der Waals surface area contributed by atoms with Crippen molar-refractivity contribution in [3.8, 4) is 0 Å². The normalized spacial score (nSPS) is 11.8. The molecule has 0 radical (unpaired) electrons. The van der Waals surface area contributed by atoms with E-state index in [1.807, 2.05) is 6.92 Å². The first-order valence-electron chi connectivity index (χ1n) is 7.04. The van der Waals surface area contributed by atoms with E-state index in [1.54, 1.807) is 19.2 Å². The maximum atomic E-state index is 12.6. The van der Waals surface area contributed by atoms with E-state index < -0.39 is 10.0 Å². The average molecular weight is 337 g/mol. The van der Waals surface area contributed by atoms with Crippen molar-refractivity contribution in [2.24, 2.45) is 7.05 Å². The monoisotopic (exact) mass is 337 g/mol. The lowest BCUT2D eigenvalue weighted by atomic mass is 10.2. The minimum atomic E-state index is -3.85. The van der Waals surface area contributed by atoms with Crippen LogP contribution in [-0.2, 0) is 17.1 Å². The van der Waals surface area contributed by atoms with Crippen molar-refractivity contribution < 1.29 is 18.3 Å².